The van der Waals surface area contributed by atoms with Crippen LogP contribution in [0.25, 0.3) is 0 Å². The third-order valence-corrected chi connectivity index (χ3v) is 1.38. The highest BCUT2D eigenvalue weighted by Crippen LogP contribution is 2.00. The van der Waals surface area contributed by atoms with Crippen LogP contribution in [-0.4, -0.2) is 11.0 Å². The predicted octanol–water partition coefficient (Wildman–Crippen LogP) is 2.26. The molecule has 1 aromatic carbocycles. The molecule has 1 aromatic rings. The van der Waals surface area contributed by atoms with Crippen molar-refractivity contribution in [3.8, 4) is 0 Å². The lowest BCUT2D eigenvalue weighted by Gasteiger charge is -1.93. The summed E-state index contributed by atoms with van der Waals surface area (Å²) >= 11 is 0. The maximum Gasteiger partial charge on any atom is 0 e. The number of hydrogen-bond acceptors (Lipinski definition) is 0. The van der Waals surface area contributed by atoms with Crippen molar-refractivity contribution < 1.29 is 0 Å². The number of benzene rings is 1. The van der Waals surface area contributed by atoms with Crippen molar-refractivity contribution in [2.75, 3.05) is 0 Å². The standard InChI is InChI=1S/C9H12.Si/c1-2-6-9-7-4-3-5-8-9;/h3-5,7-8H,2,6H2,1H3;. The summed E-state index contributed by atoms with van der Waals surface area (Å²) in [6.07, 6.45) is 2.45. The maximum atomic E-state index is 2.20. The van der Waals surface area contributed by atoms with Crippen molar-refractivity contribution in [1.82, 2.24) is 0 Å². The summed E-state index contributed by atoms with van der Waals surface area (Å²) in [6, 6.07) is 10.6. The SMILES string of the molecule is CCCc1ccccc1.[Si]. The van der Waals surface area contributed by atoms with E-state index in [9.17, 15) is 0 Å². The predicted molar refractivity (Wildman–Crippen MR) is 46.2 cm³/mol. The molecule has 0 spiro atoms. The second kappa shape index (κ2) is 5.24. The Hall–Kier alpha value is -0.563. The Balaban J connectivity index is 0.000000810. The third kappa shape index (κ3) is 2.83. The molecule has 0 aliphatic heterocycles. The van der Waals surface area contributed by atoms with Crippen LogP contribution in [0.15, 0.2) is 30.3 Å². The first-order valence-electron chi connectivity index (χ1n) is 3.47. The summed E-state index contributed by atoms with van der Waals surface area (Å²) in [5.74, 6) is 0. The molecule has 0 bridgehead atoms. The number of rotatable bonds is 2. The van der Waals surface area contributed by atoms with E-state index in [1.54, 1.807) is 0 Å². The lowest BCUT2D eigenvalue weighted by Crippen LogP contribution is -1.78. The van der Waals surface area contributed by atoms with Crippen molar-refractivity contribution >= 4 is 11.0 Å². The van der Waals surface area contributed by atoms with Gasteiger partial charge in [0.2, 0.25) is 0 Å². The summed E-state index contributed by atoms with van der Waals surface area (Å²) in [4.78, 5) is 0. The normalized spacial score (nSPS) is 8.50. The highest BCUT2D eigenvalue weighted by atomic mass is 28.1. The average Bonchev–Trinajstić information content (AvgIpc) is 1.91. The van der Waals surface area contributed by atoms with E-state index >= 15 is 0 Å². The zero-order chi connectivity index (χ0) is 6.53. The summed E-state index contributed by atoms with van der Waals surface area (Å²) in [6.45, 7) is 2.20. The molecule has 0 atom stereocenters. The van der Waals surface area contributed by atoms with Crippen LogP contribution in [0.3, 0.4) is 0 Å². The van der Waals surface area contributed by atoms with Gasteiger partial charge in [0.05, 0.1) is 0 Å². The van der Waals surface area contributed by atoms with Gasteiger partial charge in [-0.25, -0.2) is 0 Å². The van der Waals surface area contributed by atoms with Crippen molar-refractivity contribution in [2.45, 2.75) is 19.8 Å². The number of aryl methyl sites for hydroxylation is 1. The minimum absolute atomic E-state index is 0. The van der Waals surface area contributed by atoms with Crippen LogP contribution in [-0.2, 0) is 6.42 Å². The Kier molecular flexibility index (Phi) is 4.94. The van der Waals surface area contributed by atoms with Crippen LogP contribution in [0, 0.1) is 0 Å². The fourth-order valence-electron chi connectivity index (χ4n) is 0.933. The van der Waals surface area contributed by atoms with Gasteiger partial charge >= 0.3 is 0 Å². The van der Waals surface area contributed by atoms with Crippen molar-refractivity contribution in [1.29, 1.82) is 0 Å². The van der Waals surface area contributed by atoms with Gasteiger partial charge in [-0.15, -0.1) is 0 Å². The zero-order valence-corrected chi connectivity index (χ0v) is 7.30. The topological polar surface area (TPSA) is 0 Å². The summed E-state index contributed by atoms with van der Waals surface area (Å²) < 4.78 is 0. The van der Waals surface area contributed by atoms with Gasteiger partial charge < -0.3 is 0 Å². The van der Waals surface area contributed by atoms with Crippen LogP contribution in [0.2, 0.25) is 0 Å². The molecule has 0 aliphatic carbocycles. The molecule has 0 fully saturated rings. The summed E-state index contributed by atoms with van der Waals surface area (Å²) in [5, 5.41) is 0. The molecular weight excluding hydrogens is 136 g/mol. The molecule has 0 nitrogen and oxygen atoms in total. The van der Waals surface area contributed by atoms with E-state index in [0.29, 0.717) is 0 Å². The molecular formula is C9H12Si. The highest BCUT2D eigenvalue weighted by molar-refractivity contribution is 5.75. The van der Waals surface area contributed by atoms with E-state index in [4.69, 9.17) is 0 Å². The fraction of sp³-hybridized carbons (Fsp3) is 0.333. The van der Waals surface area contributed by atoms with Gasteiger partial charge in [-0.3, -0.25) is 0 Å². The minimum Gasteiger partial charge on any atom is -0.0651 e. The molecule has 1 heteroatoms. The number of hydrogen-bond donors (Lipinski definition) is 0. The van der Waals surface area contributed by atoms with Crippen LogP contribution >= 0.6 is 0 Å². The first-order chi connectivity index (χ1) is 4.43. The molecule has 10 heavy (non-hydrogen) atoms. The van der Waals surface area contributed by atoms with Crippen LogP contribution < -0.4 is 0 Å². The Labute approximate surface area is 67.3 Å². The van der Waals surface area contributed by atoms with E-state index in [0.717, 1.165) is 0 Å². The third-order valence-electron chi connectivity index (χ3n) is 1.38. The van der Waals surface area contributed by atoms with Crippen LogP contribution in [0.5, 0.6) is 0 Å². The van der Waals surface area contributed by atoms with E-state index in [2.05, 4.69) is 37.3 Å². The Morgan fingerprint density at radius 3 is 2.20 bits per heavy atom. The minimum atomic E-state index is 0. The first kappa shape index (κ1) is 9.44. The summed E-state index contributed by atoms with van der Waals surface area (Å²) in [5.41, 5.74) is 1.44. The van der Waals surface area contributed by atoms with Crippen molar-refractivity contribution in [3.63, 3.8) is 0 Å². The van der Waals surface area contributed by atoms with Gasteiger partial charge in [0.15, 0.2) is 0 Å². The highest BCUT2D eigenvalue weighted by Gasteiger charge is 1.84. The van der Waals surface area contributed by atoms with Crippen LogP contribution in [0.1, 0.15) is 18.9 Å². The van der Waals surface area contributed by atoms with Crippen LogP contribution in [0.4, 0.5) is 0 Å². The van der Waals surface area contributed by atoms with E-state index in [1.807, 2.05) is 0 Å². The monoisotopic (exact) mass is 148 g/mol. The van der Waals surface area contributed by atoms with Crippen molar-refractivity contribution in [3.05, 3.63) is 35.9 Å². The van der Waals surface area contributed by atoms with Gasteiger partial charge in [0.25, 0.3) is 0 Å². The van der Waals surface area contributed by atoms with Gasteiger partial charge in [0.1, 0.15) is 0 Å². The molecule has 0 amide bonds. The molecule has 0 aliphatic rings. The maximum absolute atomic E-state index is 2.20. The lowest BCUT2D eigenvalue weighted by molar-refractivity contribution is 0.922. The second-order valence-corrected chi connectivity index (χ2v) is 2.24. The van der Waals surface area contributed by atoms with Gasteiger partial charge in [-0.1, -0.05) is 43.7 Å². The first-order valence-corrected chi connectivity index (χ1v) is 3.47. The Bertz CT molecular complexity index is 158. The average molecular weight is 148 g/mol. The van der Waals surface area contributed by atoms with E-state index < -0.39 is 0 Å². The Morgan fingerprint density at radius 2 is 1.70 bits per heavy atom. The molecule has 0 aromatic heterocycles. The Morgan fingerprint density at radius 1 is 1.10 bits per heavy atom. The molecule has 0 saturated carbocycles. The second-order valence-electron chi connectivity index (χ2n) is 2.24. The molecule has 0 saturated heterocycles. The quantitative estimate of drug-likeness (QED) is 0.564. The van der Waals surface area contributed by atoms with Gasteiger partial charge in [0, 0.05) is 11.0 Å². The van der Waals surface area contributed by atoms with Gasteiger partial charge in [-0.05, 0) is 12.0 Å². The lowest BCUT2D eigenvalue weighted by atomic mass is 10.1. The van der Waals surface area contributed by atoms with Gasteiger partial charge in [-0.2, -0.15) is 0 Å². The smallest absolute Gasteiger partial charge is 0 e. The van der Waals surface area contributed by atoms with E-state index in [-0.39, 0.29) is 11.0 Å². The molecule has 0 unspecified atom stereocenters. The van der Waals surface area contributed by atoms with Crippen molar-refractivity contribution in [2.24, 2.45) is 0 Å². The molecule has 52 valence electrons. The molecule has 1 rings (SSSR count). The van der Waals surface area contributed by atoms with E-state index in [1.165, 1.54) is 18.4 Å². The molecule has 0 N–H and O–H groups in total. The zero-order valence-electron chi connectivity index (χ0n) is 6.30. The molecule has 4 radical (unpaired) electrons. The molecule has 0 heterocycles. The largest absolute Gasteiger partial charge is 0.0651 e. The fourth-order valence-corrected chi connectivity index (χ4v) is 0.933. The summed E-state index contributed by atoms with van der Waals surface area (Å²) in [7, 11) is 0.